The van der Waals surface area contributed by atoms with Crippen molar-refractivity contribution in [1.82, 2.24) is 0 Å². The Hall–Kier alpha value is 0.220. The van der Waals surface area contributed by atoms with Crippen LogP contribution in [0.3, 0.4) is 0 Å². The summed E-state index contributed by atoms with van der Waals surface area (Å²) in [6.45, 7) is -0.0556. The van der Waals surface area contributed by atoms with E-state index >= 15 is 0 Å². The van der Waals surface area contributed by atoms with Crippen molar-refractivity contribution in [3.05, 3.63) is 0 Å². The second kappa shape index (κ2) is 3.40. The molecule has 0 radical (unpaired) electrons. The summed E-state index contributed by atoms with van der Waals surface area (Å²) < 4.78 is 28.0. The van der Waals surface area contributed by atoms with Crippen LogP contribution in [0.5, 0.6) is 0 Å². The first-order chi connectivity index (χ1) is 4.02. The van der Waals surface area contributed by atoms with E-state index in [-0.39, 0.29) is 6.54 Å². The topological polar surface area (TPSA) is 80.4 Å². The summed E-state index contributed by atoms with van der Waals surface area (Å²) in [6.07, 6.45) is 1.57. The molecule has 0 aromatic rings. The molecule has 1 atom stereocenters. The number of rotatable bonds is 3. The van der Waals surface area contributed by atoms with Crippen molar-refractivity contribution in [2.75, 3.05) is 12.8 Å². The molecule has 9 heavy (non-hydrogen) atoms. The zero-order valence-corrected chi connectivity index (χ0v) is 6.58. The van der Waals surface area contributed by atoms with Gasteiger partial charge in [-0.25, -0.2) is 0 Å². The molecule has 0 saturated heterocycles. The minimum Gasteiger partial charge on any atom is -0.328 e. The number of hydrogen-bond acceptors (Lipinski definition) is 4. The van der Waals surface area contributed by atoms with Crippen molar-refractivity contribution in [3.63, 3.8) is 0 Å². The summed E-state index contributed by atoms with van der Waals surface area (Å²) >= 11 is 1.01. The molecular weight excluding hydrogens is 162 g/mol. The maximum atomic E-state index is 10.2. The van der Waals surface area contributed by atoms with E-state index < -0.39 is 14.7 Å². The Morgan fingerprint density at radius 1 is 1.78 bits per heavy atom. The van der Waals surface area contributed by atoms with E-state index in [1.165, 1.54) is 0 Å². The Bertz CT molecular complexity index is 160. The van der Waals surface area contributed by atoms with E-state index in [2.05, 4.69) is 0 Å². The van der Waals surface area contributed by atoms with Crippen LogP contribution in [-0.4, -0.2) is 30.4 Å². The summed E-state index contributed by atoms with van der Waals surface area (Å²) in [5.74, 6) is 0. The molecule has 0 amide bonds. The van der Waals surface area contributed by atoms with E-state index in [4.69, 9.17) is 10.3 Å². The molecule has 3 N–H and O–H groups in total. The van der Waals surface area contributed by atoms with Crippen LogP contribution in [0.1, 0.15) is 0 Å². The van der Waals surface area contributed by atoms with Crippen molar-refractivity contribution in [3.8, 4) is 0 Å². The second-order valence-corrected chi connectivity index (χ2v) is 4.35. The molecule has 0 bridgehead atoms. The van der Waals surface area contributed by atoms with Crippen LogP contribution in [0.4, 0.5) is 0 Å². The fraction of sp³-hybridized carbons (Fsp3) is 1.00. The lowest BCUT2D eigenvalue weighted by atomic mass is 10.8. The SMILES string of the molecule is CSC(CN)S(=O)(=O)O. The lowest BCUT2D eigenvalue weighted by Gasteiger charge is -2.05. The van der Waals surface area contributed by atoms with Crippen LogP contribution in [0.25, 0.3) is 0 Å². The molecule has 1 unspecified atom stereocenters. The first-order valence-electron chi connectivity index (χ1n) is 2.21. The predicted octanol–water partition coefficient (Wildman–Crippen LogP) is -0.478. The van der Waals surface area contributed by atoms with Crippen LogP contribution in [0, 0.1) is 0 Å². The van der Waals surface area contributed by atoms with Gasteiger partial charge >= 0.3 is 0 Å². The van der Waals surface area contributed by atoms with Gasteiger partial charge in [-0.3, -0.25) is 4.55 Å². The van der Waals surface area contributed by atoms with Gasteiger partial charge in [-0.1, -0.05) is 0 Å². The summed E-state index contributed by atoms with van der Waals surface area (Å²) in [5.41, 5.74) is 5.01. The van der Waals surface area contributed by atoms with Crippen LogP contribution in [0.2, 0.25) is 0 Å². The van der Waals surface area contributed by atoms with Gasteiger partial charge in [0.2, 0.25) is 0 Å². The molecule has 0 saturated carbocycles. The van der Waals surface area contributed by atoms with Crippen molar-refractivity contribution in [2.45, 2.75) is 4.58 Å². The zero-order chi connectivity index (χ0) is 7.49. The lowest BCUT2D eigenvalue weighted by molar-refractivity contribution is 0.480. The maximum absolute atomic E-state index is 10.2. The summed E-state index contributed by atoms with van der Waals surface area (Å²) in [7, 11) is -3.93. The highest BCUT2D eigenvalue weighted by Gasteiger charge is 2.18. The fourth-order valence-corrected chi connectivity index (χ4v) is 1.75. The van der Waals surface area contributed by atoms with Crippen LogP contribution < -0.4 is 5.73 Å². The Morgan fingerprint density at radius 2 is 2.22 bits per heavy atom. The van der Waals surface area contributed by atoms with Gasteiger partial charge in [-0.15, -0.1) is 11.8 Å². The molecule has 0 rings (SSSR count). The molecule has 0 heterocycles. The van der Waals surface area contributed by atoms with Crippen LogP contribution in [-0.2, 0) is 10.1 Å². The molecule has 0 aromatic carbocycles. The molecule has 4 nitrogen and oxygen atoms in total. The van der Waals surface area contributed by atoms with Crippen molar-refractivity contribution in [1.29, 1.82) is 0 Å². The molecule has 6 heteroatoms. The Labute approximate surface area is 58.6 Å². The van der Waals surface area contributed by atoms with Gasteiger partial charge < -0.3 is 5.73 Å². The first-order valence-corrected chi connectivity index (χ1v) is 5.00. The van der Waals surface area contributed by atoms with Crippen LogP contribution >= 0.6 is 11.8 Å². The molecule has 0 aliphatic rings. The quantitative estimate of drug-likeness (QED) is 0.561. The van der Waals surface area contributed by atoms with Gasteiger partial charge in [0.1, 0.15) is 4.58 Å². The second-order valence-electron chi connectivity index (χ2n) is 1.42. The van der Waals surface area contributed by atoms with Gasteiger partial charge in [0.25, 0.3) is 10.1 Å². The maximum Gasteiger partial charge on any atom is 0.278 e. The van der Waals surface area contributed by atoms with Crippen molar-refractivity contribution >= 4 is 21.9 Å². The Kier molecular flexibility index (Phi) is 3.49. The summed E-state index contributed by atoms with van der Waals surface area (Å²) in [6, 6.07) is 0. The number of nitrogens with two attached hydrogens (primary N) is 1. The fourth-order valence-electron chi connectivity index (χ4n) is 0.339. The third-order valence-corrected chi connectivity index (χ3v) is 3.67. The molecule has 0 fully saturated rings. The molecule has 0 aromatic heterocycles. The Morgan fingerprint density at radius 3 is 2.22 bits per heavy atom. The van der Waals surface area contributed by atoms with E-state index in [0.717, 1.165) is 11.8 Å². The smallest absolute Gasteiger partial charge is 0.278 e. The summed E-state index contributed by atoms with van der Waals surface area (Å²) in [5, 5.41) is 0. The minimum atomic E-state index is -3.93. The highest BCUT2D eigenvalue weighted by molar-refractivity contribution is 8.11. The zero-order valence-electron chi connectivity index (χ0n) is 4.94. The van der Waals surface area contributed by atoms with Crippen LogP contribution in [0.15, 0.2) is 0 Å². The van der Waals surface area contributed by atoms with E-state index in [0.29, 0.717) is 0 Å². The third kappa shape index (κ3) is 3.04. The molecule has 56 valence electrons. The van der Waals surface area contributed by atoms with Crippen molar-refractivity contribution < 1.29 is 13.0 Å². The van der Waals surface area contributed by atoms with Gasteiger partial charge in [0.05, 0.1) is 0 Å². The van der Waals surface area contributed by atoms with E-state index in [9.17, 15) is 8.42 Å². The highest BCUT2D eigenvalue weighted by Crippen LogP contribution is 2.09. The first kappa shape index (κ1) is 9.22. The number of thioether (sulfide) groups is 1. The molecule has 0 spiro atoms. The predicted molar refractivity (Wildman–Crippen MR) is 37.9 cm³/mol. The Balaban J connectivity index is 4.14. The summed E-state index contributed by atoms with van der Waals surface area (Å²) in [4.78, 5) is 0. The average Bonchev–Trinajstić information content (AvgIpc) is 1.65. The number of hydrogen-bond donors (Lipinski definition) is 2. The molecule has 0 aliphatic carbocycles. The van der Waals surface area contributed by atoms with E-state index in [1.54, 1.807) is 6.26 Å². The third-order valence-electron chi connectivity index (χ3n) is 0.788. The minimum absolute atomic E-state index is 0.0556. The normalized spacial score (nSPS) is 15.4. The lowest BCUT2D eigenvalue weighted by Crippen LogP contribution is -2.25. The van der Waals surface area contributed by atoms with Gasteiger partial charge in [-0.05, 0) is 6.26 Å². The molecular formula is C3H9NO3S2. The van der Waals surface area contributed by atoms with Gasteiger partial charge in [-0.2, -0.15) is 8.42 Å². The van der Waals surface area contributed by atoms with Gasteiger partial charge in [0, 0.05) is 6.54 Å². The average molecular weight is 171 g/mol. The van der Waals surface area contributed by atoms with Gasteiger partial charge in [0.15, 0.2) is 0 Å². The largest absolute Gasteiger partial charge is 0.328 e. The highest BCUT2D eigenvalue weighted by atomic mass is 32.3. The molecule has 0 aliphatic heterocycles. The monoisotopic (exact) mass is 171 g/mol. The van der Waals surface area contributed by atoms with Crippen molar-refractivity contribution in [2.24, 2.45) is 5.73 Å². The standard InChI is InChI=1S/C3H9NO3S2/c1-8-3(2-4)9(5,6)7/h3H,2,4H2,1H3,(H,5,6,7). The van der Waals surface area contributed by atoms with E-state index in [1.807, 2.05) is 0 Å².